The molecule has 0 aromatic rings. The molecule has 108 valence electrons. The lowest BCUT2D eigenvalue weighted by Gasteiger charge is -2.34. The number of methoxy groups -OCH3 is 1. The third-order valence-electron chi connectivity index (χ3n) is 4.24. The smallest absolute Gasteiger partial charge is 0.0728 e. The van der Waals surface area contributed by atoms with Crippen molar-refractivity contribution in [3.63, 3.8) is 0 Å². The van der Waals surface area contributed by atoms with Crippen LogP contribution >= 0.6 is 0 Å². The average Bonchev–Trinajstić information content (AvgIpc) is 2.33. The van der Waals surface area contributed by atoms with Gasteiger partial charge in [0, 0.05) is 19.8 Å². The van der Waals surface area contributed by atoms with E-state index in [2.05, 4.69) is 20.8 Å². The molecular weight excluding hydrogens is 226 g/mol. The first-order valence-corrected chi connectivity index (χ1v) is 7.41. The first kappa shape index (κ1) is 15.9. The zero-order valence-corrected chi connectivity index (χ0v) is 12.6. The van der Waals surface area contributed by atoms with Crippen LogP contribution in [-0.4, -0.2) is 31.5 Å². The van der Waals surface area contributed by atoms with Crippen molar-refractivity contribution in [1.82, 2.24) is 0 Å². The Hall–Kier alpha value is -0.120. The number of rotatable bonds is 7. The first-order chi connectivity index (χ1) is 8.48. The fourth-order valence-corrected chi connectivity index (χ4v) is 2.66. The van der Waals surface area contributed by atoms with E-state index in [0.29, 0.717) is 0 Å². The van der Waals surface area contributed by atoms with Crippen molar-refractivity contribution in [2.24, 2.45) is 11.7 Å². The largest absolute Gasteiger partial charge is 0.379 e. The van der Waals surface area contributed by atoms with Crippen molar-refractivity contribution in [2.75, 3.05) is 13.7 Å². The van der Waals surface area contributed by atoms with Gasteiger partial charge in [0.25, 0.3) is 0 Å². The molecule has 3 nitrogen and oxygen atoms in total. The van der Waals surface area contributed by atoms with E-state index in [4.69, 9.17) is 15.2 Å². The van der Waals surface area contributed by atoms with Gasteiger partial charge in [0.2, 0.25) is 0 Å². The van der Waals surface area contributed by atoms with E-state index in [1.807, 2.05) is 0 Å². The fourth-order valence-electron chi connectivity index (χ4n) is 2.66. The highest BCUT2D eigenvalue weighted by molar-refractivity contribution is 4.83. The topological polar surface area (TPSA) is 44.5 Å². The van der Waals surface area contributed by atoms with Crippen LogP contribution in [0, 0.1) is 5.92 Å². The van der Waals surface area contributed by atoms with Gasteiger partial charge in [-0.05, 0) is 45.4 Å². The van der Waals surface area contributed by atoms with Crippen molar-refractivity contribution in [2.45, 2.75) is 77.0 Å². The maximum Gasteiger partial charge on any atom is 0.0728 e. The van der Waals surface area contributed by atoms with Crippen LogP contribution in [0.1, 0.15) is 59.3 Å². The summed E-state index contributed by atoms with van der Waals surface area (Å²) < 4.78 is 11.4. The molecule has 0 aromatic heterocycles. The second-order valence-corrected chi connectivity index (χ2v) is 6.25. The average molecular weight is 257 g/mol. The Labute approximate surface area is 112 Å². The molecule has 1 rings (SSSR count). The zero-order valence-electron chi connectivity index (χ0n) is 12.6. The van der Waals surface area contributed by atoms with E-state index < -0.39 is 0 Å². The lowest BCUT2D eigenvalue weighted by atomic mass is 9.82. The van der Waals surface area contributed by atoms with E-state index in [1.54, 1.807) is 7.11 Å². The van der Waals surface area contributed by atoms with Gasteiger partial charge >= 0.3 is 0 Å². The molecule has 0 bridgehead atoms. The second-order valence-electron chi connectivity index (χ2n) is 6.25. The van der Waals surface area contributed by atoms with Gasteiger partial charge in [0.1, 0.15) is 0 Å². The maximum atomic E-state index is 6.16. The molecule has 3 atom stereocenters. The molecular formula is C15H31NO2. The van der Waals surface area contributed by atoms with Gasteiger partial charge in [-0.3, -0.25) is 0 Å². The van der Waals surface area contributed by atoms with E-state index in [0.717, 1.165) is 31.8 Å². The molecule has 0 saturated heterocycles. The molecule has 1 saturated carbocycles. The Balaban J connectivity index is 2.30. The highest BCUT2D eigenvalue weighted by Crippen LogP contribution is 2.29. The molecule has 1 fully saturated rings. The molecule has 1 aliphatic carbocycles. The van der Waals surface area contributed by atoms with Gasteiger partial charge in [-0.25, -0.2) is 0 Å². The maximum absolute atomic E-state index is 6.16. The van der Waals surface area contributed by atoms with E-state index in [9.17, 15) is 0 Å². The van der Waals surface area contributed by atoms with Crippen molar-refractivity contribution in [3.8, 4) is 0 Å². The Morgan fingerprint density at radius 3 is 2.61 bits per heavy atom. The minimum atomic E-state index is -0.0957. The van der Waals surface area contributed by atoms with Gasteiger partial charge in [-0.2, -0.15) is 0 Å². The van der Waals surface area contributed by atoms with Crippen LogP contribution < -0.4 is 5.73 Å². The standard InChI is InChI=1S/C15H31NO2/c1-5-6-12-7-8-13(16)14(11-12)18-10-9-15(2,3)17-4/h12-14H,5-11,16H2,1-4H3. The minimum absolute atomic E-state index is 0.0957. The molecule has 0 aromatic carbocycles. The van der Waals surface area contributed by atoms with Gasteiger partial charge in [0.15, 0.2) is 0 Å². The fraction of sp³-hybridized carbons (Fsp3) is 1.00. The summed E-state index contributed by atoms with van der Waals surface area (Å²) in [5.74, 6) is 0.815. The highest BCUT2D eigenvalue weighted by atomic mass is 16.5. The van der Waals surface area contributed by atoms with Crippen molar-refractivity contribution in [1.29, 1.82) is 0 Å². The van der Waals surface area contributed by atoms with Crippen LogP contribution in [-0.2, 0) is 9.47 Å². The Kier molecular flexibility index (Phi) is 6.61. The second kappa shape index (κ2) is 7.46. The summed E-state index contributed by atoms with van der Waals surface area (Å²) in [6.07, 6.45) is 7.29. The predicted octanol–water partition coefficient (Wildman–Crippen LogP) is 3.11. The molecule has 0 spiro atoms. The zero-order chi connectivity index (χ0) is 13.6. The van der Waals surface area contributed by atoms with Gasteiger partial charge < -0.3 is 15.2 Å². The van der Waals surface area contributed by atoms with Crippen LogP contribution in [0.5, 0.6) is 0 Å². The minimum Gasteiger partial charge on any atom is -0.379 e. The summed E-state index contributed by atoms with van der Waals surface area (Å²) in [5.41, 5.74) is 6.07. The van der Waals surface area contributed by atoms with Crippen LogP contribution in [0.25, 0.3) is 0 Å². The van der Waals surface area contributed by atoms with Crippen LogP contribution in [0.15, 0.2) is 0 Å². The molecule has 3 heteroatoms. The van der Waals surface area contributed by atoms with E-state index in [-0.39, 0.29) is 17.7 Å². The predicted molar refractivity (Wildman–Crippen MR) is 75.7 cm³/mol. The lowest BCUT2D eigenvalue weighted by Crippen LogP contribution is -2.42. The summed E-state index contributed by atoms with van der Waals surface area (Å²) in [6, 6.07) is 0.226. The van der Waals surface area contributed by atoms with Gasteiger partial charge in [0.05, 0.1) is 11.7 Å². The van der Waals surface area contributed by atoms with Crippen LogP contribution in [0.2, 0.25) is 0 Å². The first-order valence-electron chi connectivity index (χ1n) is 7.41. The SMILES string of the molecule is CCCC1CCC(N)C(OCCC(C)(C)OC)C1. The Bertz CT molecular complexity index is 231. The molecule has 0 heterocycles. The number of nitrogens with two attached hydrogens (primary N) is 1. The normalized spacial score (nSPS) is 29.5. The van der Waals surface area contributed by atoms with Crippen LogP contribution in [0.3, 0.4) is 0 Å². The van der Waals surface area contributed by atoms with Gasteiger partial charge in [-0.1, -0.05) is 19.8 Å². The summed E-state index contributed by atoms with van der Waals surface area (Å²) in [4.78, 5) is 0. The monoisotopic (exact) mass is 257 g/mol. The molecule has 3 unspecified atom stereocenters. The van der Waals surface area contributed by atoms with E-state index >= 15 is 0 Å². The highest BCUT2D eigenvalue weighted by Gasteiger charge is 2.28. The number of ether oxygens (including phenoxy) is 2. The van der Waals surface area contributed by atoms with Crippen LogP contribution in [0.4, 0.5) is 0 Å². The van der Waals surface area contributed by atoms with Gasteiger partial charge in [-0.15, -0.1) is 0 Å². The number of hydrogen-bond acceptors (Lipinski definition) is 3. The molecule has 0 radical (unpaired) electrons. The molecule has 2 N–H and O–H groups in total. The van der Waals surface area contributed by atoms with Crippen molar-refractivity contribution < 1.29 is 9.47 Å². The Morgan fingerprint density at radius 1 is 1.28 bits per heavy atom. The quantitative estimate of drug-likeness (QED) is 0.762. The van der Waals surface area contributed by atoms with Crippen molar-refractivity contribution >= 4 is 0 Å². The number of hydrogen-bond donors (Lipinski definition) is 1. The molecule has 1 aliphatic rings. The lowest BCUT2D eigenvalue weighted by molar-refractivity contribution is -0.0456. The molecule has 0 aliphatic heterocycles. The third kappa shape index (κ3) is 5.25. The summed E-state index contributed by atoms with van der Waals surface area (Å²) in [6.45, 7) is 7.19. The summed E-state index contributed by atoms with van der Waals surface area (Å²) in [7, 11) is 1.75. The summed E-state index contributed by atoms with van der Waals surface area (Å²) in [5, 5.41) is 0. The Morgan fingerprint density at radius 2 is 2.00 bits per heavy atom. The third-order valence-corrected chi connectivity index (χ3v) is 4.24. The van der Waals surface area contributed by atoms with E-state index in [1.165, 1.54) is 19.3 Å². The molecule has 18 heavy (non-hydrogen) atoms. The summed E-state index contributed by atoms with van der Waals surface area (Å²) >= 11 is 0. The molecule has 0 amide bonds. The van der Waals surface area contributed by atoms with Crippen molar-refractivity contribution in [3.05, 3.63) is 0 Å².